The van der Waals surface area contributed by atoms with Gasteiger partial charge in [0.1, 0.15) is 5.82 Å². The molecule has 0 bridgehead atoms. The Bertz CT molecular complexity index is 328. The SMILES string of the molecule is CC(C)C(C)NCCOCc1ccccc1F. The molecule has 0 saturated heterocycles. The highest BCUT2D eigenvalue weighted by Gasteiger charge is 2.05. The molecular weight excluding hydrogens is 217 g/mol. The second kappa shape index (κ2) is 7.41. The van der Waals surface area contributed by atoms with E-state index in [1.807, 2.05) is 6.07 Å². The molecule has 0 spiro atoms. The second-order valence-corrected chi connectivity index (χ2v) is 4.63. The average Bonchev–Trinajstić information content (AvgIpc) is 2.30. The monoisotopic (exact) mass is 239 g/mol. The van der Waals surface area contributed by atoms with E-state index in [1.165, 1.54) is 6.07 Å². The molecule has 0 amide bonds. The maximum Gasteiger partial charge on any atom is 0.128 e. The first-order chi connectivity index (χ1) is 8.11. The zero-order valence-electron chi connectivity index (χ0n) is 10.9. The van der Waals surface area contributed by atoms with Gasteiger partial charge in [0.25, 0.3) is 0 Å². The zero-order valence-corrected chi connectivity index (χ0v) is 10.9. The van der Waals surface area contributed by atoms with Gasteiger partial charge in [-0.1, -0.05) is 32.0 Å². The summed E-state index contributed by atoms with van der Waals surface area (Å²) in [6, 6.07) is 7.19. The van der Waals surface area contributed by atoms with Crippen LogP contribution in [0.4, 0.5) is 4.39 Å². The van der Waals surface area contributed by atoms with E-state index < -0.39 is 0 Å². The average molecular weight is 239 g/mol. The molecule has 0 saturated carbocycles. The summed E-state index contributed by atoms with van der Waals surface area (Å²) in [6.45, 7) is 8.25. The minimum absolute atomic E-state index is 0.198. The van der Waals surface area contributed by atoms with Gasteiger partial charge in [-0.25, -0.2) is 4.39 Å². The smallest absolute Gasteiger partial charge is 0.128 e. The van der Waals surface area contributed by atoms with Crippen LogP contribution in [0.3, 0.4) is 0 Å². The van der Waals surface area contributed by atoms with Crippen molar-refractivity contribution in [2.24, 2.45) is 5.92 Å². The summed E-state index contributed by atoms with van der Waals surface area (Å²) in [7, 11) is 0. The van der Waals surface area contributed by atoms with Crippen LogP contribution in [-0.4, -0.2) is 19.2 Å². The van der Waals surface area contributed by atoms with E-state index in [2.05, 4.69) is 26.1 Å². The minimum atomic E-state index is -0.198. The first-order valence-electron chi connectivity index (χ1n) is 6.15. The summed E-state index contributed by atoms with van der Waals surface area (Å²) in [5, 5.41) is 3.36. The Morgan fingerprint density at radius 1 is 1.24 bits per heavy atom. The largest absolute Gasteiger partial charge is 0.375 e. The fourth-order valence-electron chi connectivity index (χ4n) is 1.39. The summed E-state index contributed by atoms with van der Waals surface area (Å²) in [5.41, 5.74) is 0.615. The number of benzene rings is 1. The van der Waals surface area contributed by atoms with Crippen LogP contribution in [0, 0.1) is 11.7 Å². The molecule has 1 aromatic rings. The first-order valence-corrected chi connectivity index (χ1v) is 6.15. The molecule has 96 valence electrons. The highest BCUT2D eigenvalue weighted by molar-refractivity contribution is 5.16. The molecule has 17 heavy (non-hydrogen) atoms. The molecule has 1 unspecified atom stereocenters. The molecule has 0 aliphatic heterocycles. The Morgan fingerprint density at radius 3 is 2.59 bits per heavy atom. The molecule has 1 atom stereocenters. The van der Waals surface area contributed by atoms with Gasteiger partial charge in [0.2, 0.25) is 0 Å². The van der Waals surface area contributed by atoms with E-state index in [0.29, 0.717) is 30.7 Å². The van der Waals surface area contributed by atoms with Crippen molar-refractivity contribution in [2.45, 2.75) is 33.4 Å². The maximum absolute atomic E-state index is 13.2. The molecule has 1 rings (SSSR count). The number of nitrogens with one attached hydrogen (secondary N) is 1. The van der Waals surface area contributed by atoms with Crippen LogP contribution in [0.5, 0.6) is 0 Å². The van der Waals surface area contributed by atoms with Gasteiger partial charge in [0.05, 0.1) is 13.2 Å². The standard InChI is InChI=1S/C14H22FNO/c1-11(2)12(3)16-8-9-17-10-13-6-4-5-7-14(13)15/h4-7,11-12,16H,8-10H2,1-3H3. The normalized spacial score (nSPS) is 13.0. The molecule has 3 heteroatoms. The predicted molar refractivity (Wildman–Crippen MR) is 68.4 cm³/mol. The highest BCUT2D eigenvalue weighted by Crippen LogP contribution is 2.07. The van der Waals surface area contributed by atoms with Crippen LogP contribution in [0.15, 0.2) is 24.3 Å². The van der Waals surface area contributed by atoms with E-state index in [4.69, 9.17) is 4.74 Å². The van der Waals surface area contributed by atoms with Gasteiger partial charge in [0.15, 0.2) is 0 Å². The summed E-state index contributed by atoms with van der Waals surface area (Å²) in [5.74, 6) is 0.414. The number of hydrogen-bond acceptors (Lipinski definition) is 2. The number of halogens is 1. The molecule has 0 aliphatic rings. The Kier molecular flexibility index (Phi) is 6.16. The topological polar surface area (TPSA) is 21.3 Å². The Morgan fingerprint density at radius 2 is 1.94 bits per heavy atom. The predicted octanol–water partition coefficient (Wildman–Crippen LogP) is 2.98. The van der Waals surface area contributed by atoms with E-state index in [9.17, 15) is 4.39 Å². The lowest BCUT2D eigenvalue weighted by atomic mass is 10.1. The molecule has 0 heterocycles. The van der Waals surface area contributed by atoms with Crippen molar-refractivity contribution in [3.8, 4) is 0 Å². The van der Waals surface area contributed by atoms with Gasteiger partial charge in [-0.05, 0) is 18.9 Å². The van der Waals surface area contributed by atoms with Gasteiger partial charge in [-0.3, -0.25) is 0 Å². The molecular formula is C14H22FNO. The zero-order chi connectivity index (χ0) is 12.7. The lowest BCUT2D eigenvalue weighted by Gasteiger charge is -2.17. The van der Waals surface area contributed by atoms with Crippen LogP contribution >= 0.6 is 0 Å². The van der Waals surface area contributed by atoms with Gasteiger partial charge < -0.3 is 10.1 Å². The quantitative estimate of drug-likeness (QED) is 0.739. The van der Waals surface area contributed by atoms with Gasteiger partial charge in [-0.15, -0.1) is 0 Å². The number of rotatable bonds is 7. The first kappa shape index (κ1) is 14.1. The fraction of sp³-hybridized carbons (Fsp3) is 0.571. The van der Waals surface area contributed by atoms with Crippen LogP contribution in [0.2, 0.25) is 0 Å². The summed E-state index contributed by atoms with van der Waals surface area (Å²) in [6.07, 6.45) is 0. The van der Waals surface area contributed by atoms with Gasteiger partial charge >= 0.3 is 0 Å². The maximum atomic E-state index is 13.2. The third kappa shape index (κ3) is 5.29. The van der Waals surface area contributed by atoms with Crippen LogP contribution in [0.25, 0.3) is 0 Å². The number of ether oxygens (including phenoxy) is 1. The Labute approximate surface area is 103 Å². The van der Waals surface area contributed by atoms with E-state index in [1.54, 1.807) is 12.1 Å². The Balaban J connectivity index is 2.15. The van der Waals surface area contributed by atoms with Crippen molar-refractivity contribution in [1.29, 1.82) is 0 Å². The van der Waals surface area contributed by atoms with E-state index in [-0.39, 0.29) is 5.82 Å². The van der Waals surface area contributed by atoms with Crippen molar-refractivity contribution < 1.29 is 9.13 Å². The summed E-state index contributed by atoms with van der Waals surface area (Å²) in [4.78, 5) is 0. The molecule has 1 N–H and O–H groups in total. The molecule has 0 aromatic heterocycles. The Hall–Kier alpha value is -0.930. The lowest BCUT2D eigenvalue weighted by Crippen LogP contribution is -2.33. The third-order valence-corrected chi connectivity index (χ3v) is 2.93. The van der Waals surface area contributed by atoms with E-state index in [0.717, 1.165) is 6.54 Å². The summed E-state index contributed by atoms with van der Waals surface area (Å²) < 4.78 is 18.7. The van der Waals surface area contributed by atoms with Gasteiger partial charge in [0, 0.05) is 18.2 Å². The minimum Gasteiger partial charge on any atom is -0.375 e. The lowest BCUT2D eigenvalue weighted by molar-refractivity contribution is 0.117. The van der Waals surface area contributed by atoms with Crippen molar-refractivity contribution in [3.63, 3.8) is 0 Å². The van der Waals surface area contributed by atoms with Crippen molar-refractivity contribution in [2.75, 3.05) is 13.2 Å². The van der Waals surface area contributed by atoms with Crippen LogP contribution in [-0.2, 0) is 11.3 Å². The molecule has 0 fully saturated rings. The molecule has 0 radical (unpaired) electrons. The number of hydrogen-bond donors (Lipinski definition) is 1. The molecule has 0 aliphatic carbocycles. The second-order valence-electron chi connectivity index (χ2n) is 4.63. The fourth-order valence-corrected chi connectivity index (χ4v) is 1.39. The van der Waals surface area contributed by atoms with Crippen LogP contribution < -0.4 is 5.32 Å². The van der Waals surface area contributed by atoms with Crippen molar-refractivity contribution >= 4 is 0 Å². The van der Waals surface area contributed by atoms with Crippen molar-refractivity contribution in [1.82, 2.24) is 5.32 Å². The van der Waals surface area contributed by atoms with Gasteiger partial charge in [-0.2, -0.15) is 0 Å². The molecule has 1 aromatic carbocycles. The van der Waals surface area contributed by atoms with E-state index >= 15 is 0 Å². The summed E-state index contributed by atoms with van der Waals surface area (Å²) >= 11 is 0. The highest BCUT2D eigenvalue weighted by atomic mass is 19.1. The third-order valence-electron chi connectivity index (χ3n) is 2.93. The molecule has 2 nitrogen and oxygen atoms in total. The van der Waals surface area contributed by atoms with Crippen LogP contribution in [0.1, 0.15) is 26.3 Å². The van der Waals surface area contributed by atoms with Crippen molar-refractivity contribution in [3.05, 3.63) is 35.6 Å².